The summed E-state index contributed by atoms with van der Waals surface area (Å²) in [4.78, 5) is 18.4. The lowest BCUT2D eigenvalue weighted by Crippen LogP contribution is -2.38. The highest BCUT2D eigenvalue weighted by Crippen LogP contribution is 2.17. The van der Waals surface area contributed by atoms with E-state index in [1.54, 1.807) is 0 Å². The fourth-order valence-corrected chi connectivity index (χ4v) is 2.66. The molecule has 0 aliphatic carbocycles. The van der Waals surface area contributed by atoms with Crippen molar-refractivity contribution in [3.63, 3.8) is 0 Å². The van der Waals surface area contributed by atoms with Crippen molar-refractivity contribution in [2.24, 2.45) is 4.99 Å². The van der Waals surface area contributed by atoms with E-state index in [9.17, 15) is 4.79 Å². The molecule has 0 aliphatic heterocycles. The van der Waals surface area contributed by atoms with Gasteiger partial charge in [-0.1, -0.05) is 18.2 Å². The number of nitrogens with one attached hydrogen (secondary N) is 2. The fourth-order valence-electron chi connectivity index (χ4n) is 2.66. The number of guanidine groups is 1. The summed E-state index contributed by atoms with van der Waals surface area (Å²) in [5.74, 6) is 1.83. The maximum atomic E-state index is 12.0. The number of carbonyl (C=O) groups is 1. The number of halogens is 1. The van der Waals surface area contributed by atoms with Gasteiger partial charge in [-0.25, -0.2) is 0 Å². The molecule has 0 radical (unpaired) electrons. The lowest BCUT2D eigenvalue weighted by Gasteiger charge is -2.18. The quantitative estimate of drug-likeness (QED) is 0.284. The van der Waals surface area contributed by atoms with Crippen molar-refractivity contribution in [1.82, 2.24) is 15.5 Å². The molecule has 0 atom stereocenters. The Kier molecular flexibility index (Phi) is 14.7. The first-order valence-corrected chi connectivity index (χ1v) is 9.66. The number of rotatable bonds is 11. The molecule has 1 aromatic rings. The van der Waals surface area contributed by atoms with E-state index in [4.69, 9.17) is 4.74 Å². The molecule has 1 rings (SSSR count). The molecule has 0 spiro atoms. The van der Waals surface area contributed by atoms with Crippen molar-refractivity contribution in [3.8, 4) is 5.75 Å². The Hall–Kier alpha value is -1.51. The third-order valence-corrected chi connectivity index (χ3v) is 4.02. The number of amides is 1. The molecule has 0 bridgehead atoms. The molecule has 0 aromatic heterocycles. The van der Waals surface area contributed by atoms with Crippen molar-refractivity contribution >= 4 is 35.8 Å². The van der Waals surface area contributed by atoms with Gasteiger partial charge in [-0.15, -0.1) is 24.0 Å². The van der Waals surface area contributed by atoms with Crippen LogP contribution in [0.4, 0.5) is 0 Å². The molecule has 0 saturated carbocycles. The van der Waals surface area contributed by atoms with Gasteiger partial charge in [0.15, 0.2) is 5.96 Å². The van der Waals surface area contributed by atoms with Gasteiger partial charge in [-0.2, -0.15) is 0 Å². The van der Waals surface area contributed by atoms with Gasteiger partial charge < -0.3 is 20.3 Å². The van der Waals surface area contributed by atoms with E-state index in [2.05, 4.69) is 21.7 Å². The second-order valence-electron chi connectivity index (χ2n) is 5.79. The first kappa shape index (κ1) is 25.5. The predicted molar refractivity (Wildman–Crippen MR) is 123 cm³/mol. The van der Waals surface area contributed by atoms with Crippen LogP contribution in [0.2, 0.25) is 0 Å². The topological polar surface area (TPSA) is 66.0 Å². The Morgan fingerprint density at radius 3 is 2.44 bits per heavy atom. The van der Waals surface area contributed by atoms with Crippen LogP contribution in [0.15, 0.2) is 29.3 Å². The predicted octanol–water partition coefficient (Wildman–Crippen LogP) is 3.06. The average Bonchev–Trinajstić information content (AvgIpc) is 2.64. The van der Waals surface area contributed by atoms with Crippen LogP contribution in [0.3, 0.4) is 0 Å². The van der Waals surface area contributed by atoms with Crippen molar-refractivity contribution in [2.45, 2.75) is 40.5 Å². The van der Waals surface area contributed by atoms with E-state index in [0.29, 0.717) is 19.6 Å². The van der Waals surface area contributed by atoms with Crippen LogP contribution >= 0.6 is 24.0 Å². The Labute approximate surface area is 181 Å². The third-order valence-electron chi connectivity index (χ3n) is 4.02. The molecule has 7 heteroatoms. The summed E-state index contributed by atoms with van der Waals surface area (Å²) in [7, 11) is 0. The number of para-hydroxylation sites is 1. The summed E-state index contributed by atoms with van der Waals surface area (Å²) < 4.78 is 5.66. The molecule has 27 heavy (non-hydrogen) atoms. The minimum absolute atomic E-state index is 0. The normalized spacial score (nSPS) is 10.7. The van der Waals surface area contributed by atoms with Crippen LogP contribution in [0.1, 0.15) is 39.7 Å². The summed E-state index contributed by atoms with van der Waals surface area (Å²) in [6.45, 7) is 12.2. The smallest absolute Gasteiger partial charge is 0.224 e. The Balaban J connectivity index is 0.00000676. The summed E-state index contributed by atoms with van der Waals surface area (Å²) >= 11 is 0. The maximum Gasteiger partial charge on any atom is 0.224 e. The van der Waals surface area contributed by atoms with Gasteiger partial charge >= 0.3 is 0 Å². The second kappa shape index (κ2) is 15.5. The van der Waals surface area contributed by atoms with Gasteiger partial charge in [-0.05, 0) is 45.7 Å². The molecule has 2 N–H and O–H groups in total. The minimum Gasteiger partial charge on any atom is -0.494 e. The van der Waals surface area contributed by atoms with E-state index in [1.165, 1.54) is 5.56 Å². The molecular formula is C20H35IN4O2. The van der Waals surface area contributed by atoms with Crippen molar-refractivity contribution in [2.75, 3.05) is 39.3 Å². The monoisotopic (exact) mass is 490 g/mol. The highest BCUT2D eigenvalue weighted by atomic mass is 127. The van der Waals surface area contributed by atoms with Crippen LogP contribution in [-0.2, 0) is 11.2 Å². The van der Waals surface area contributed by atoms with Crippen molar-refractivity contribution < 1.29 is 9.53 Å². The van der Waals surface area contributed by atoms with Gasteiger partial charge in [0.1, 0.15) is 5.75 Å². The lowest BCUT2D eigenvalue weighted by atomic mass is 10.1. The summed E-state index contributed by atoms with van der Waals surface area (Å²) in [6.07, 6.45) is 1.28. The summed E-state index contributed by atoms with van der Waals surface area (Å²) in [6, 6.07) is 8.09. The molecule has 0 aliphatic rings. The first-order valence-electron chi connectivity index (χ1n) is 9.66. The molecular weight excluding hydrogens is 455 g/mol. The van der Waals surface area contributed by atoms with Gasteiger partial charge in [0.25, 0.3) is 0 Å². The van der Waals surface area contributed by atoms with Crippen LogP contribution in [0.25, 0.3) is 0 Å². The van der Waals surface area contributed by atoms with E-state index in [-0.39, 0.29) is 29.9 Å². The van der Waals surface area contributed by atoms with E-state index in [0.717, 1.165) is 44.3 Å². The molecule has 0 heterocycles. The summed E-state index contributed by atoms with van der Waals surface area (Å²) in [5, 5.41) is 6.55. The van der Waals surface area contributed by atoms with Gasteiger partial charge in [0, 0.05) is 32.6 Å². The summed E-state index contributed by atoms with van der Waals surface area (Å²) in [5.41, 5.74) is 1.18. The van der Waals surface area contributed by atoms with Crippen LogP contribution < -0.4 is 15.4 Å². The molecule has 154 valence electrons. The lowest BCUT2D eigenvalue weighted by molar-refractivity contribution is -0.130. The number of carbonyl (C=O) groups excluding carboxylic acids is 1. The zero-order valence-corrected chi connectivity index (χ0v) is 19.4. The number of nitrogens with zero attached hydrogens (tertiary/aromatic N) is 2. The first-order chi connectivity index (χ1) is 12.7. The number of ether oxygens (including phenoxy) is 1. The van der Waals surface area contributed by atoms with E-state index in [1.807, 2.05) is 50.8 Å². The Morgan fingerprint density at radius 1 is 1.11 bits per heavy atom. The zero-order valence-electron chi connectivity index (χ0n) is 17.1. The second-order valence-corrected chi connectivity index (χ2v) is 5.79. The van der Waals surface area contributed by atoms with Crippen molar-refractivity contribution in [3.05, 3.63) is 29.8 Å². The average molecular weight is 490 g/mol. The fraction of sp³-hybridized carbons (Fsp3) is 0.600. The minimum atomic E-state index is 0. The number of hydrogen-bond donors (Lipinski definition) is 2. The van der Waals surface area contributed by atoms with Gasteiger partial charge in [0.2, 0.25) is 5.91 Å². The number of hydrogen-bond acceptors (Lipinski definition) is 3. The van der Waals surface area contributed by atoms with Crippen LogP contribution in [0.5, 0.6) is 5.75 Å². The van der Waals surface area contributed by atoms with E-state index >= 15 is 0 Å². The van der Waals surface area contributed by atoms with E-state index < -0.39 is 0 Å². The van der Waals surface area contributed by atoms with Crippen molar-refractivity contribution in [1.29, 1.82) is 0 Å². The Bertz CT molecular complexity index is 563. The van der Waals surface area contributed by atoms with Crippen LogP contribution in [-0.4, -0.2) is 56.1 Å². The zero-order chi connectivity index (χ0) is 19.2. The standard InChI is InChI=1S/C20H34N4O2.HI/c1-5-21-20(23-16-14-19(25)24(6-2)7-3)22-15-13-17-11-9-10-12-18(17)26-8-4;/h9-12H,5-8,13-16H2,1-4H3,(H2,21,22,23);1H. The SMILES string of the molecule is CCNC(=NCCC(=O)N(CC)CC)NCCc1ccccc1OCC.I. The Morgan fingerprint density at radius 2 is 1.81 bits per heavy atom. The highest BCUT2D eigenvalue weighted by molar-refractivity contribution is 14.0. The molecule has 6 nitrogen and oxygen atoms in total. The molecule has 0 fully saturated rings. The molecule has 1 aromatic carbocycles. The van der Waals surface area contributed by atoms with Crippen LogP contribution in [0, 0.1) is 0 Å². The highest BCUT2D eigenvalue weighted by Gasteiger charge is 2.08. The molecule has 0 saturated heterocycles. The van der Waals surface area contributed by atoms with Gasteiger partial charge in [0.05, 0.1) is 13.2 Å². The number of benzene rings is 1. The maximum absolute atomic E-state index is 12.0. The number of aliphatic imine (C=N–C) groups is 1. The largest absolute Gasteiger partial charge is 0.494 e. The van der Waals surface area contributed by atoms with Gasteiger partial charge in [-0.3, -0.25) is 9.79 Å². The molecule has 0 unspecified atom stereocenters. The molecule has 1 amide bonds. The third kappa shape index (κ3) is 9.83.